The molecule has 252 valence electrons. The molecule has 0 radical (unpaired) electrons. The van der Waals surface area contributed by atoms with Crippen LogP contribution < -0.4 is 22.6 Å². The monoisotopic (exact) mass is 750 g/mol. The Hall–Kier alpha value is -4.20. The first-order chi connectivity index (χ1) is 21.8. The van der Waals surface area contributed by atoms with Crippen LogP contribution >= 0.6 is 39.1 Å². The smallest absolute Gasteiger partial charge is 0.338 e. The van der Waals surface area contributed by atoms with Crippen molar-refractivity contribution in [2.45, 2.75) is 64.6 Å². The number of aromatic amines is 1. The molecule has 0 bridgehead atoms. The molecule has 0 spiro atoms. The van der Waals surface area contributed by atoms with E-state index < -0.39 is 17.2 Å². The Balaban J connectivity index is 0.000000273. The lowest BCUT2D eigenvalue weighted by atomic mass is 10.1. The maximum atomic E-state index is 12.1. The predicted octanol–water partition coefficient (Wildman–Crippen LogP) is 6.02. The van der Waals surface area contributed by atoms with Gasteiger partial charge in [-0.3, -0.25) is 19.1 Å². The fourth-order valence-electron chi connectivity index (χ4n) is 3.53. The highest BCUT2D eigenvalue weighted by Crippen LogP contribution is 2.16. The van der Waals surface area contributed by atoms with Crippen molar-refractivity contribution >= 4 is 63.0 Å². The highest BCUT2D eigenvalue weighted by molar-refractivity contribution is 9.08. The first-order valence-corrected chi connectivity index (χ1v) is 15.9. The number of rotatable bonds is 5. The maximum absolute atomic E-state index is 12.1. The molecule has 4 aromatic rings. The average molecular weight is 752 g/mol. The first-order valence-electron chi connectivity index (χ1n) is 14.0. The molecule has 0 atom stereocenters. The van der Waals surface area contributed by atoms with Gasteiger partial charge in [-0.25, -0.2) is 19.6 Å². The summed E-state index contributed by atoms with van der Waals surface area (Å²) in [5.41, 5.74) is 11.9. The van der Waals surface area contributed by atoms with Crippen LogP contribution in [-0.4, -0.2) is 42.7 Å². The summed E-state index contributed by atoms with van der Waals surface area (Å²) in [7, 11) is 0. The Kier molecular flexibility index (Phi) is 14.2. The minimum Gasteiger partial charge on any atom is -0.456 e. The van der Waals surface area contributed by atoms with Gasteiger partial charge in [-0.05, 0) is 76.9 Å². The lowest BCUT2D eigenvalue weighted by molar-refractivity contribution is 0.00569. The minimum absolute atomic E-state index is 0.0187. The number of nitrogens with two attached hydrogens (primary N) is 2. The van der Waals surface area contributed by atoms with E-state index in [1.807, 2.05) is 39.0 Å². The minimum atomic E-state index is -0.575. The van der Waals surface area contributed by atoms with E-state index in [-0.39, 0.29) is 45.8 Å². The second kappa shape index (κ2) is 17.1. The largest absolute Gasteiger partial charge is 0.456 e. The Morgan fingerprint density at radius 1 is 0.809 bits per heavy atom. The molecule has 0 saturated carbocycles. The second-order valence-electron chi connectivity index (χ2n) is 11.9. The Bertz CT molecular complexity index is 1790. The van der Waals surface area contributed by atoms with E-state index in [9.17, 15) is 19.2 Å². The van der Waals surface area contributed by atoms with Crippen molar-refractivity contribution in [1.29, 1.82) is 0 Å². The van der Waals surface area contributed by atoms with Crippen LogP contribution in [0.2, 0.25) is 10.3 Å². The van der Waals surface area contributed by atoms with E-state index in [1.165, 1.54) is 10.6 Å². The Morgan fingerprint density at radius 2 is 1.30 bits per heavy atom. The molecule has 0 aliphatic heterocycles. The van der Waals surface area contributed by atoms with Gasteiger partial charge in [-0.15, -0.1) is 0 Å². The zero-order valence-electron chi connectivity index (χ0n) is 26.8. The molecule has 0 aliphatic carbocycles. The molecule has 2 aromatic carbocycles. The number of nitrogens with zero attached hydrogens (tertiary/aromatic N) is 3. The molecule has 12 nitrogen and oxygen atoms in total. The Morgan fingerprint density at radius 3 is 1.74 bits per heavy atom. The normalized spacial score (nSPS) is 10.9. The second-order valence-corrected chi connectivity index (χ2v) is 13.2. The molecule has 15 heteroatoms. The number of ether oxygens (including phenoxy) is 2. The molecule has 47 heavy (non-hydrogen) atoms. The average Bonchev–Trinajstić information content (AvgIpc) is 2.93. The zero-order chi connectivity index (χ0) is 35.5. The number of carbonyl (C=O) groups is 2. The van der Waals surface area contributed by atoms with Crippen molar-refractivity contribution in [3.05, 3.63) is 114 Å². The highest BCUT2D eigenvalue weighted by Gasteiger charge is 2.19. The summed E-state index contributed by atoms with van der Waals surface area (Å²) in [6, 6.07) is 16.6. The van der Waals surface area contributed by atoms with Gasteiger partial charge in [0.15, 0.2) is 0 Å². The number of halogens is 3. The van der Waals surface area contributed by atoms with E-state index in [0.29, 0.717) is 11.1 Å². The van der Waals surface area contributed by atoms with Crippen LogP contribution in [0.3, 0.4) is 0 Å². The van der Waals surface area contributed by atoms with Gasteiger partial charge in [-0.1, -0.05) is 63.4 Å². The fourth-order valence-corrected chi connectivity index (χ4v) is 4.25. The standard InChI is InChI=1S/C16H18ClN3O3.C12H15BrO2.C4H4ClN3O/c1-16(2,3)23-14(22)11-6-4-5-10(7-11)9-20-13(21)8-12(17)19-15(20)18;1-12(2,3)15-11(14)10-6-4-5-9(7-10)8-13;5-2-1-3(9)8-4(6)7-2/h4-8H,9H2,1-3H3,(H2,18,19);4-7H,8H2,1-3H3;1H,(H3,6,7,8,9). The quantitative estimate of drug-likeness (QED) is 0.124. The van der Waals surface area contributed by atoms with Crippen molar-refractivity contribution in [2.24, 2.45) is 0 Å². The molecule has 4 rings (SSSR count). The number of benzene rings is 2. The number of hydrogen-bond acceptors (Lipinski definition) is 10. The molecule has 0 aliphatic rings. The molecule has 0 saturated heterocycles. The van der Waals surface area contributed by atoms with Gasteiger partial charge in [-0.2, -0.15) is 0 Å². The topological polar surface area (TPSA) is 185 Å². The summed E-state index contributed by atoms with van der Waals surface area (Å²) in [5, 5.41) is 0.895. The molecular formula is C32H37BrCl2N6O6. The van der Waals surface area contributed by atoms with Crippen molar-refractivity contribution in [3.8, 4) is 0 Å². The predicted molar refractivity (Wildman–Crippen MR) is 187 cm³/mol. The number of H-pyrrole nitrogens is 1. The van der Waals surface area contributed by atoms with Gasteiger partial charge < -0.3 is 20.9 Å². The number of nitrogens with one attached hydrogen (secondary N) is 1. The third kappa shape index (κ3) is 14.4. The van der Waals surface area contributed by atoms with Crippen LogP contribution in [0.4, 0.5) is 11.9 Å². The molecule has 2 heterocycles. The van der Waals surface area contributed by atoms with Crippen LogP contribution in [0.25, 0.3) is 0 Å². The van der Waals surface area contributed by atoms with Gasteiger partial charge in [0.2, 0.25) is 11.9 Å². The summed E-state index contributed by atoms with van der Waals surface area (Å²) < 4.78 is 11.9. The lowest BCUT2D eigenvalue weighted by Gasteiger charge is -2.19. The summed E-state index contributed by atoms with van der Waals surface area (Å²) in [6.45, 7) is 11.2. The molecule has 0 amide bonds. The summed E-state index contributed by atoms with van der Waals surface area (Å²) in [4.78, 5) is 55.8. The van der Waals surface area contributed by atoms with E-state index in [4.69, 9.17) is 44.1 Å². The van der Waals surface area contributed by atoms with E-state index >= 15 is 0 Å². The number of aromatic nitrogens is 4. The Labute approximate surface area is 290 Å². The van der Waals surface area contributed by atoms with Gasteiger partial charge in [0.1, 0.15) is 21.5 Å². The summed E-state index contributed by atoms with van der Waals surface area (Å²) in [5.74, 6) is -0.642. The van der Waals surface area contributed by atoms with E-state index in [1.54, 1.807) is 51.1 Å². The molecule has 5 N–H and O–H groups in total. The van der Waals surface area contributed by atoms with Crippen LogP contribution in [0.5, 0.6) is 0 Å². The van der Waals surface area contributed by atoms with Gasteiger partial charge >= 0.3 is 11.9 Å². The van der Waals surface area contributed by atoms with Crippen molar-refractivity contribution in [1.82, 2.24) is 19.5 Å². The van der Waals surface area contributed by atoms with Crippen molar-refractivity contribution in [3.63, 3.8) is 0 Å². The third-order valence-corrected chi connectivity index (χ3v) is 6.39. The van der Waals surface area contributed by atoms with Crippen LogP contribution in [0, 0.1) is 0 Å². The van der Waals surface area contributed by atoms with E-state index in [2.05, 4.69) is 30.9 Å². The van der Waals surface area contributed by atoms with Crippen molar-refractivity contribution < 1.29 is 19.1 Å². The highest BCUT2D eigenvalue weighted by atomic mass is 79.9. The van der Waals surface area contributed by atoms with Crippen molar-refractivity contribution in [2.75, 3.05) is 11.5 Å². The van der Waals surface area contributed by atoms with Gasteiger partial charge in [0.25, 0.3) is 11.1 Å². The zero-order valence-corrected chi connectivity index (χ0v) is 29.9. The van der Waals surface area contributed by atoms with Gasteiger partial charge in [0.05, 0.1) is 17.7 Å². The summed E-state index contributed by atoms with van der Waals surface area (Å²) in [6.07, 6.45) is 0. The lowest BCUT2D eigenvalue weighted by Crippen LogP contribution is -2.25. The maximum Gasteiger partial charge on any atom is 0.338 e. The summed E-state index contributed by atoms with van der Waals surface area (Å²) >= 11 is 14.4. The SMILES string of the molecule is CC(C)(C)OC(=O)c1cccc(CBr)c1.CC(C)(C)OC(=O)c1cccc(Cn2c(N)nc(Cl)cc2=O)c1.Nc1nc(Cl)cc(=O)[nH]1. The van der Waals surface area contributed by atoms with Gasteiger partial charge in [0, 0.05) is 17.5 Å². The number of carbonyl (C=O) groups excluding carboxylic acids is 2. The molecule has 0 fully saturated rings. The molecule has 0 unspecified atom stereocenters. The molecular weight excluding hydrogens is 715 g/mol. The van der Waals surface area contributed by atoms with Crippen LogP contribution in [0.15, 0.2) is 70.3 Å². The van der Waals surface area contributed by atoms with Crippen LogP contribution in [0.1, 0.15) is 73.4 Å². The third-order valence-electron chi connectivity index (χ3n) is 5.35. The fraction of sp³-hybridized carbons (Fsp3) is 0.312. The first kappa shape index (κ1) is 39.0. The number of hydrogen-bond donors (Lipinski definition) is 3. The number of anilines is 2. The number of nitrogen functional groups attached to an aromatic ring is 2. The number of esters is 2. The van der Waals surface area contributed by atoms with E-state index in [0.717, 1.165) is 22.5 Å². The molecule has 2 aromatic heterocycles. The number of alkyl halides is 1. The van der Waals surface area contributed by atoms with Crippen LogP contribution in [-0.2, 0) is 21.3 Å².